The predicted octanol–water partition coefficient (Wildman–Crippen LogP) is 2.11. The summed E-state index contributed by atoms with van der Waals surface area (Å²) in [6.07, 6.45) is 0. The molecule has 2 amide bonds. The second kappa shape index (κ2) is 4.16. The van der Waals surface area contributed by atoms with E-state index in [4.69, 9.17) is 0 Å². The highest BCUT2D eigenvalue weighted by molar-refractivity contribution is 6.26. The third-order valence-corrected chi connectivity index (χ3v) is 4.88. The van der Waals surface area contributed by atoms with Gasteiger partial charge in [0, 0.05) is 6.04 Å². The Balaban J connectivity index is 2.00. The lowest BCUT2D eigenvalue weighted by Crippen LogP contribution is -2.37. The lowest BCUT2D eigenvalue weighted by molar-refractivity contribution is -0.125. The number of anilines is 1. The summed E-state index contributed by atoms with van der Waals surface area (Å²) in [5, 5.41) is 3.16. The molecule has 106 valence electrons. The van der Waals surface area contributed by atoms with Gasteiger partial charge in [-0.2, -0.15) is 0 Å². The zero-order chi connectivity index (χ0) is 14.7. The molecule has 1 aliphatic carbocycles. The minimum absolute atomic E-state index is 0.0410. The van der Waals surface area contributed by atoms with Gasteiger partial charge in [-0.3, -0.25) is 9.59 Å². The van der Waals surface area contributed by atoms with E-state index in [1.807, 2.05) is 52.1 Å². The third kappa shape index (κ3) is 1.57. The van der Waals surface area contributed by atoms with Crippen molar-refractivity contribution in [3.05, 3.63) is 29.8 Å². The van der Waals surface area contributed by atoms with Gasteiger partial charge in [0.15, 0.2) is 0 Å². The molecular weight excluding hydrogens is 252 g/mol. The average molecular weight is 272 g/mol. The third-order valence-electron chi connectivity index (χ3n) is 4.88. The summed E-state index contributed by atoms with van der Waals surface area (Å²) in [6.45, 7) is 6.02. The molecule has 1 saturated carbocycles. The summed E-state index contributed by atoms with van der Waals surface area (Å²) in [5.74, 6) is -0.345. The van der Waals surface area contributed by atoms with E-state index in [0.717, 1.165) is 11.3 Å². The van der Waals surface area contributed by atoms with Crippen LogP contribution in [0.2, 0.25) is 0 Å². The number of carbonyl (C=O) groups is 2. The summed E-state index contributed by atoms with van der Waals surface area (Å²) in [5.41, 5.74) is 1.55. The van der Waals surface area contributed by atoms with Gasteiger partial charge in [0.05, 0.1) is 17.5 Å². The fourth-order valence-electron chi connectivity index (χ4n) is 3.40. The quantitative estimate of drug-likeness (QED) is 0.857. The van der Waals surface area contributed by atoms with Crippen LogP contribution in [0, 0.1) is 17.3 Å². The van der Waals surface area contributed by atoms with Crippen molar-refractivity contribution in [3.8, 4) is 0 Å². The molecule has 0 aromatic heterocycles. The number of hydrogen-bond donors (Lipinski definition) is 1. The highest BCUT2D eigenvalue weighted by Gasteiger charge is 2.72. The van der Waals surface area contributed by atoms with Crippen LogP contribution < -0.4 is 10.2 Å². The van der Waals surface area contributed by atoms with E-state index in [-0.39, 0.29) is 35.1 Å². The Hall–Kier alpha value is -1.68. The molecule has 4 heteroatoms. The van der Waals surface area contributed by atoms with Crippen molar-refractivity contribution >= 4 is 17.5 Å². The van der Waals surface area contributed by atoms with Gasteiger partial charge in [-0.25, -0.2) is 4.90 Å². The number of nitrogens with zero attached hydrogens (tertiary/aromatic N) is 1. The van der Waals surface area contributed by atoms with Crippen molar-refractivity contribution in [1.82, 2.24) is 5.32 Å². The number of para-hydroxylation sites is 1. The Bertz CT molecular complexity index is 570. The van der Waals surface area contributed by atoms with Gasteiger partial charge < -0.3 is 5.32 Å². The second-order valence-corrected chi connectivity index (χ2v) is 6.36. The zero-order valence-electron chi connectivity index (χ0n) is 12.3. The Morgan fingerprint density at radius 1 is 1.15 bits per heavy atom. The Labute approximate surface area is 119 Å². The molecule has 4 nitrogen and oxygen atoms in total. The summed E-state index contributed by atoms with van der Waals surface area (Å²) in [4.78, 5) is 26.4. The second-order valence-electron chi connectivity index (χ2n) is 6.36. The topological polar surface area (TPSA) is 49.4 Å². The molecule has 1 N–H and O–H groups in total. The normalized spacial score (nSPS) is 28.5. The van der Waals surface area contributed by atoms with Gasteiger partial charge >= 0.3 is 0 Å². The van der Waals surface area contributed by atoms with Crippen LogP contribution >= 0.6 is 0 Å². The molecule has 0 spiro atoms. The zero-order valence-corrected chi connectivity index (χ0v) is 12.3. The van der Waals surface area contributed by atoms with Crippen LogP contribution in [0.25, 0.3) is 0 Å². The SMILES string of the molecule is CNC(C)c1ccccc1N1C(=O)C2C(C1=O)C2(C)C. The van der Waals surface area contributed by atoms with Crippen molar-refractivity contribution in [3.63, 3.8) is 0 Å². The minimum Gasteiger partial charge on any atom is -0.313 e. The van der Waals surface area contributed by atoms with Gasteiger partial charge in [-0.05, 0) is 31.0 Å². The Morgan fingerprint density at radius 3 is 2.25 bits per heavy atom. The van der Waals surface area contributed by atoms with Crippen molar-refractivity contribution in [2.24, 2.45) is 17.3 Å². The van der Waals surface area contributed by atoms with E-state index < -0.39 is 0 Å². The predicted molar refractivity (Wildman–Crippen MR) is 77.2 cm³/mol. The van der Waals surface area contributed by atoms with E-state index in [2.05, 4.69) is 5.32 Å². The van der Waals surface area contributed by atoms with Crippen LogP contribution in [0.5, 0.6) is 0 Å². The summed E-state index contributed by atoms with van der Waals surface area (Å²) >= 11 is 0. The first-order chi connectivity index (χ1) is 9.41. The maximum absolute atomic E-state index is 12.5. The molecule has 2 aliphatic rings. The maximum atomic E-state index is 12.5. The van der Waals surface area contributed by atoms with Gasteiger partial charge in [-0.1, -0.05) is 32.0 Å². The lowest BCUT2D eigenvalue weighted by Gasteiger charge is -2.25. The number of piperidine rings is 1. The van der Waals surface area contributed by atoms with Gasteiger partial charge in [-0.15, -0.1) is 0 Å². The van der Waals surface area contributed by atoms with Gasteiger partial charge in [0.2, 0.25) is 11.8 Å². The number of amides is 2. The van der Waals surface area contributed by atoms with Crippen LogP contribution in [-0.4, -0.2) is 18.9 Å². The molecule has 1 saturated heterocycles. The van der Waals surface area contributed by atoms with E-state index in [1.165, 1.54) is 4.90 Å². The molecule has 1 aliphatic heterocycles. The molecule has 1 heterocycles. The Kier molecular flexibility index (Phi) is 2.77. The first kappa shape index (κ1) is 13.3. The monoisotopic (exact) mass is 272 g/mol. The largest absolute Gasteiger partial charge is 0.313 e. The Morgan fingerprint density at radius 2 is 1.70 bits per heavy atom. The number of benzene rings is 1. The number of hydrogen-bond acceptors (Lipinski definition) is 3. The fourth-order valence-corrected chi connectivity index (χ4v) is 3.40. The van der Waals surface area contributed by atoms with Crippen molar-refractivity contribution in [2.45, 2.75) is 26.8 Å². The molecule has 0 bridgehead atoms. The molecule has 1 aromatic rings. The summed E-state index contributed by atoms with van der Waals surface area (Å²) < 4.78 is 0. The molecule has 3 unspecified atom stereocenters. The lowest BCUT2D eigenvalue weighted by atomic mass is 10.0. The van der Waals surface area contributed by atoms with E-state index in [9.17, 15) is 9.59 Å². The standard InChI is InChI=1S/C16H20N2O2/c1-9(17-4)10-7-5-6-8-11(10)18-14(19)12-13(15(18)20)16(12,2)3/h5-9,12-13,17H,1-4H3. The van der Waals surface area contributed by atoms with E-state index in [0.29, 0.717) is 0 Å². The number of rotatable bonds is 3. The maximum Gasteiger partial charge on any atom is 0.238 e. The summed E-state index contributed by atoms with van der Waals surface area (Å²) in [7, 11) is 1.87. The molecule has 0 radical (unpaired) electrons. The number of nitrogens with one attached hydrogen (secondary N) is 1. The molecular formula is C16H20N2O2. The molecule has 20 heavy (non-hydrogen) atoms. The first-order valence-corrected chi connectivity index (χ1v) is 7.05. The molecule has 1 aromatic carbocycles. The van der Waals surface area contributed by atoms with Gasteiger partial charge in [0.25, 0.3) is 0 Å². The molecule has 2 fully saturated rings. The van der Waals surface area contributed by atoms with Gasteiger partial charge in [0.1, 0.15) is 0 Å². The van der Waals surface area contributed by atoms with E-state index in [1.54, 1.807) is 0 Å². The molecule has 3 rings (SSSR count). The van der Waals surface area contributed by atoms with Crippen LogP contribution in [-0.2, 0) is 9.59 Å². The summed E-state index contributed by atoms with van der Waals surface area (Å²) in [6, 6.07) is 7.72. The van der Waals surface area contributed by atoms with E-state index >= 15 is 0 Å². The number of imide groups is 1. The van der Waals surface area contributed by atoms with Crippen molar-refractivity contribution in [2.75, 3.05) is 11.9 Å². The van der Waals surface area contributed by atoms with Crippen LogP contribution in [0.4, 0.5) is 5.69 Å². The van der Waals surface area contributed by atoms with Crippen LogP contribution in [0.15, 0.2) is 24.3 Å². The minimum atomic E-state index is -0.158. The number of fused-ring (bicyclic) bond motifs is 1. The fraction of sp³-hybridized carbons (Fsp3) is 0.500. The van der Waals surface area contributed by atoms with Crippen molar-refractivity contribution in [1.29, 1.82) is 0 Å². The highest BCUT2D eigenvalue weighted by Crippen LogP contribution is 2.63. The average Bonchev–Trinajstić information content (AvgIpc) is 2.88. The molecule has 3 atom stereocenters. The van der Waals surface area contributed by atoms with Crippen LogP contribution in [0.3, 0.4) is 0 Å². The smallest absolute Gasteiger partial charge is 0.238 e. The van der Waals surface area contributed by atoms with Crippen molar-refractivity contribution < 1.29 is 9.59 Å². The highest BCUT2D eigenvalue weighted by atomic mass is 16.2. The number of carbonyl (C=O) groups excluding carboxylic acids is 2. The first-order valence-electron chi connectivity index (χ1n) is 7.05. The van der Waals surface area contributed by atoms with Crippen LogP contribution in [0.1, 0.15) is 32.4 Å².